The molecule has 1 aliphatic heterocycles. The number of nitrogens with zero attached hydrogens (tertiary/aromatic N) is 2. The first-order valence-electron chi connectivity index (χ1n) is 8.51. The molecule has 1 saturated heterocycles. The molecule has 0 spiro atoms. The van der Waals surface area contributed by atoms with E-state index in [1.165, 1.54) is 25.3 Å². The number of nitro benzene ring substituents is 1. The average molecular weight is 334 g/mol. The fourth-order valence-electron chi connectivity index (χ4n) is 3.03. The second-order valence-corrected chi connectivity index (χ2v) is 6.37. The fourth-order valence-corrected chi connectivity index (χ4v) is 3.03. The average Bonchev–Trinajstić information content (AvgIpc) is 2.54. The van der Waals surface area contributed by atoms with Crippen LogP contribution in [0.3, 0.4) is 0 Å². The van der Waals surface area contributed by atoms with Crippen molar-refractivity contribution in [3.8, 4) is 0 Å². The van der Waals surface area contributed by atoms with Crippen LogP contribution in [0.15, 0.2) is 18.2 Å². The maximum Gasteiger partial charge on any atom is 0.319 e. The van der Waals surface area contributed by atoms with Crippen molar-refractivity contribution in [2.75, 3.05) is 25.0 Å². The Bertz CT molecular complexity index is 591. The summed E-state index contributed by atoms with van der Waals surface area (Å²) in [7, 11) is 0. The van der Waals surface area contributed by atoms with Crippen molar-refractivity contribution in [3.63, 3.8) is 0 Å². The molecule has 7 heteroatoms. The first-order valence-corrected chi connectivity index (χ1v) is 8.51. The van der Waals surface area contributed by atoms with Crippen LogP contribution in [0.4, 0.5) is 16.2 Å². The molecule has 1 fully saturated rings. The van der Waals surface area contributed by atoms with Crippen LogP contribution in [0.25, 0.3) is 0 Å². The second kappa shape index (κ2) is 8.63. The highest BCUT2D eigenvalue weighted by Gasteiger charge is 2.17. The minimum atomic E-state index is -0.446. The molecule has 0 aromatic heterocycles. The highest BCUT2D eigenvalue weighted by atomic mass is 16.6. The summed E-state index contributed by atoms with van der Waals surface area (Å²) in [6, 6.07) is 4.97. The van der Waals surface area contributed by atoms with Gasteiger partial charge < -0.3 is 15.5 Å². The molecular formula is C17H26N4O3. The van der Waals surface area contributed by atoms with Crippen molar-refractivity contribution >= 4 is 17.4 Å². The van der Waals surface area contributed by atoms with Gasteiger partial charge in [-0.3, -0.25) is 10.1 Å². The lowest BCUT2D eigenvalue weighted by Crippen LogP contribution is -2.39. The maximum absolute atomic E-state index is 11.9. The van der Waals surface area contributed by atoms with Gasteiger partial charge in [0.25, 0.3) is 5.69 Å². The molecule has 132 valence electrons. The minimum absolute atomic E-state index is 0.00638. The third-order valence-electron chi connectivity index (χ3n) is 4.51. The maximum atomic E-state index is 11.9. The van der Waals surface area contributed by atoms with Crippen LogP contribution in [-0.4, -0.2) is 41.5 Å². The Kier molecular flexibility index (Phi) is 6.54. The SMILES string of the molecule is Cc1ccc(NC(=O)NCCCN2CCCCC2C)cc1[N+](=O)[O-]. The van der Waals surface area contributed by atoms with Crippen LogP contribution >= 0.6 is 0 Å². The number of benzene rings is 1. The minimum Gasteiger partial charge on any atom is -0.338 e. The van der Waals surface area contributed by atoms with Crippen LogP contribution in [0.5, 0.6) is 0 Å². The molecule has 2 N–H and O–H groups in total. The Morgan fingerprint density at radius 1 is 1.42 bits per heavy atom. The van der Waals surface area contributed by atoms with Gasteiger partial charge in [-0.05, 0) is 45.7 Å². The van der Waals surface area contributed by atoms with Gasteiger partial charge in [-0.2, -0.15) is 0 Å². The number of piperidine rings is 1. The summed E-state index contributed by atoms with van der Waals surface area (Å²) in [6.07, 6.45) is 4.71. The van der Waals surface area contributed by atoms with Crippen molar-refractivity contribution in [2.45, 2.75) is 45.6 Å². The van der Waals surface area contributed by atoms with Crippen LogP contribution in [0.1, 0.15) is 38.2 Å². The zero-order valence-electron chi connectivity index (χ0n) is 14.4. The van der Waals surface area contributed by atoms with Gasteiger partial charge in [0, 0.05) is 36.4 Å². The van der Waals surface area contributed by atoms with E-state index in [2.05, 4.69) is 22.5 Å². The Morgan fingerprint density at radius 3 is 2.92 bits per heavy atom. The third-order valence-corrected chi connectivity index (χ3v) is 4.51. The van der Waals surface area contributed by atoms with E-state index in [1.807, 2.05) is 0 Å². The van der Waals surface area contributed by atoms with Gasteiger partial charge in [-0.15, -0.1) is 0 Å². The molecule has 0 bridgehead atoms. The van der Waals surface area contributed by atoms with Crippen LogP contribution < -0.4 is 10.6 Å². The highest BCUT2D eigenvalue weighted by Crippen LogP contribution is 2.22. The standard InChI is InChI=1S/C17H26N4O3/c1-13-7-8-15(12-16(13)21(23)24)19-17(22)18-9-5-11-20-10-4-3-6-14(20)2/h7-8,12,14H,3-6,9-11H2,1-2H3,(H2,18,19,22). The quantitative estimate of drug-likeness (QED) is 0.475. The van der Waals surface area contributed by atoms with Crippen LogP contribution in [0.2, 0.25) is 0 Å². The summed E-state index contributed by atoms with van der Waals surface area (Å²) >= 11 is 0. The van der Waals surface area contributed by atoms with E-state index in [1.54, 1.807) is 19.1 Å². The molecule has 0 saturated carbocycles. The summed E-state index contributed by atoms with van der Waals surface area (Å²) in [5, 5.41) is 16.4. The van der Waals surface area contributed by atoms with E-state index in [0.717, 1.165) is 19.5 Å². The zero-order chi connectivity index (χ0) is 17.5. The number of hydrogen-bond acceptors (Lipinski definition) is 4. The Morgan fingerprint density at radius 2 is 2.21 bits per heavy atom. The lowest BCUT2D eigenvalue weighted by molar-refractivity contribution is -0.385. The number of likely N-dealkylation sites (tertiary alicyclic amines) is 1. The molecule has 1 heterocycles. The smallest absolute Gasteiger partial charge is 0.319 e. The number of carbonyl (C=O) groups is 1. The van der Waals surface area contributed by atoms with Crippen molar-refractivity contribution in [3.05, 3.63) is 33.9 Å². The molecule has 1 atom stereocenters. The van der Waals surface area contributed by atoms with E-state index >= 15 is 0 Å². The summed E-state index contributed by atoms with van der Waals surface area (Å²) in [5.74, 6) is 0. The monoisotopic (exact) mass is 334 g/mol. The van der Waals surface area contributed by atoms with Crippen LogP contribution in [-0.2, 0) is 0 Å². The number of urea groups is 1. The summed E-state index contributed by atoms with van der Waals surface area (Å²) in [5.41, 5.74) is 1.00. The van der Waals surface area contributed by atoms with Crippen molar-refractivity contribution in [2.24, 2.45) is 0 Å². The molecule has 2 rings (SSSR count). The first-order chi connectivity index (χ1) is 11.5. The molecule has 24 heavy (non-hydrogen) atoms. The Balaban J connectivity index is 1.73. The molecule has 1 aromatic rings. The van der Waals surface area contributed by atoms with Gasteiger partial charge in [0.15, 0.2) is 0 Å². The third kappa shape index (κ3) is 5.19. The van der Waals surface area contributed by atoms with Crippen molar-refractivity contribution in [1.82, 2.24) is 10.2 Å². The van der Waals surface area contributed by atoms with E-state index in [4.69, 9.17) is 0 Å². The van der Waals surface area contributed by atoms with Crippen molar-refractivity contribution < 1.29 is 9.72 Å². The van der Waals surface area contributed by atoms with E-state index in [9.17, 15) is 14.9 Å². The molecule has 1 aromatic carbocycles. The van der Waals surface area contributed by atoms with E-state index < -0.39 is 4.92 Å². The number of hydrogen-bond donors (Lipinski definition) is 2. The lowest BCUT2D eigenvalue weighted by atomic mass is 10.0. The molecule has 1 aliphatic rings. The van der Waals surface area contributed by atoms with Gasteiger partial charge in [0.1, 0.15) is 0 Å². The van der Waals surface area contributed by atoms with Gasteiger partial charge in [-0.1, -0.05) is 12.5 Å². The van der Waals surface area contributed by atoms with Gasteiger partial charge in [0.2, 0.25) is 0 Å². The Labute approximate surface area is 142 Å². The Hall–Kier alpha value is -2.15. The van der Waals surface area contributed by atoms with Crippen LogP contribution in [0, 0.1) is 17.0 Å². The summed E-state index contributed by atoms with van der Waals surface area (Å²) in [6.45, 7) is 6.63. The van der Waals surface area contributed by atoms with E-state index in [-0.39, 0.29) is 11.7 Å². The molecule has 2 amide bonds. The number of rotatable bonds is 6. The fraction of sp³-hybridized carbons (Fsp3) is 0.588. The number of carbonyl (C=O) groups excluding carboxylic acids is 1. The normalized spacial score (nSPS) is 18.2. The largest absolute Gasteiger partial charge is 0.338 e. The number of aryl methyl sites for hydroxylation is 1. The topological polar surface area (TPSA) is 87.5 Å². The number of nitro groups is 1. The highest BCUT2D eigenvalue weighted by molar-refractivity contribution is 5.89. The summed E-state index contributed by atoms with van der Waals surface area (Å²) in [4.78, 5) is 24.8. The lowest BCUT2D eigenvalue weighted by Gasteiger charge is -2.33. The number of amides is 2. The summed E-state index contributed by atoms with van der Waals surface area (Å²) < 4.78 is 0. The molecular weight excluding hydrogens is 308 g/mol. The predicted octanol–water partition coefficient (Wildman–Crippen LogP) is 3.29. The van der Waals surface area contributed by atoms with Gasteiger partial charge in [0.05, 0.1) is 4.92 Å². The number of anilines is 1. The van der Waals surface area contributed by atoms with E-state index in [0.29, 0.717) is 23.8 Å². The molecule has 0 radical (unpaired) electrons. The zero-order valence-corrected chi connectivity index (χ0v) is 14.4. The second-order valence-electron chi connectivity index (χ2n) is 6.37. The van der Waals surface area contributed by atoms with Crippen molar-refractivity contribution in [1.29, 1.82) is 0 Å². The van der Waals surface area contributed by atoms with Gasteiger partial charge >= 0.3 is 6.03 Å². The van der Waals surface area contributed by atoms with Gasteiger partial charge in [-0.25, -0.2) is 4.79 Å². The first kappa shape index (κ1) is 18.2. The molecule has 0 aliphatic carbocycles. The predicted molar refractivity (Wildman–Crippen MR) is 94.4 cm³/mol. The number of nitrogens with one attached hydrogen (secondary N) is 2. The molecule has 1 unspecified atom stereocenters. The molecule has 7 nitrogen and oxygen atoms in total.